The molecule has 3 atom stereocenters. The lowest BCUT2D eigenvalue weighted by Gasteiger charge is -2.27. The zero-order valence-electron chi connectivity index (χ0n) is 25.0. The van der Waals surface area contributed by atoms with Gasteiger partial charge in [-0.05, 0) is 68.4 Å². The fourth-order valence-corrected chi connectivity index (χ4v) is 6.35. The summed E-state index contributed by atoms with van der Waals surface area (Å²) in [5, 5.41) is 2.98. The third-order valence-corrected chi connectivity index (χ3v) is 8.85. The lowest BCUT2D eigenvalue weighted by molar-refractivity contribution is -0.141. The maximum atomic E-state index is 14.5. The van der Waals surface area contributed by atoms with Crippen molar-refractivity contribution in [3.05, 3.63) is 71.1 Å². The van der Waals surface area contributed by atoms with Crippen LogP contribution in [0.4, 0.5) is 23.4 Å². The number of anilines is 1. The van der Waals surface area contributed by atoms with Crippen molar-refractivity contribution >= 4 is 34.3 Å². The average molecular weight is 623 g/mol. The second kappa shape index (κ2) is 10.7. The highest BCUT2D eigenvalue weighted by Crippen LogP contribution is 2.59. The normalized spacial score (nSPS) is 20.8. The molecule has 3 aromatic heterocycles. The Balaban J connectivity index is 1.32. The van der Waals surface area contributed by atoms with E-state index in [1.165, 1.54) is 35.6 Å². The van der Waals surface area contributed by atoms with Gasteiger partial charge in [0.05, 0.1) is 5.52 Å². The highest BCUT2D eigenvalue weighted by atomic mass is 19.4. The van der Waals surface area contributed by atoms with Crippen LogP contribution in [0, 0.1) is 19.3 Å². The van der Waals surface area contributed by atoms with Gasteiger partial charge in [0.15, 0.2) is 5.78 Å². The summed E-state index contributed by atoms with van der Waals surface area (Å²) >= 11 is 0. The van der Waals surface area contributed by atoms with Crippen LogP contribution in [0.5, 0.6) is 0 Å². The van der Waals surface area contributed by atoms with Gasteiger partial charge in [-0.3, -0.25) is 14.4 Å². The molecule has 4 heterocycles. The first kappa shape index (κ1) is 30.4. The molecule has 1 aliphatic carbocycles. The molecule has 2 aliphatic rings. The number of aryl methyl sites for hydroxylation is 2. The van der Waals surface area contributed by atoms with Crippen LogP contribution < -0.4 is 5.32 Å². The Morgan fingerprint density at radius 3 is 2.42 bits per heavy atom. The van der Waals surface area contributed by atoms with Crippen LogP contribution in [0.15, 0.2) is 42.9 Å². The van der Waals surface area contributed by atoms with E-state index in [0.29, 0.717) is 51.8 Å². The fraction of sp³-hybridized carbons (Fsp3) is 0.375. The predicted octanol–water partition coefficient (Wildman–Crippen LogP) is 5.82. The number of rotatable bonds is 7. The number of hydrogen-bond donors (Lipinski definition) is 1. The van der Waals surface area contributed by atoms with E-state index in [1.807, 2.05) is 6.92 Å². The maximum absolute atomic E-state index is 14.5. The SMILES string of the molecule is CC(=O)c1cn(CC(=O)N2[C@H](C(=O)Nc3nc(C(F)(F)F)ccc3C)C[C@@]3(C)C[C@@H]23)c2c(CF)cc(-c3cnc(C)nc3)cc12. The first-order valence-electron chi connectivity index (χ1n) is 14.4. The number of nitrogens with zero attached hydrogens (tertiary/aromatic N) is 5. The minimum Gasteiger partial charge on any atom is -0.337 e. The fourth-order valence-electron chi connectivity index (χ4n) is 6.35. The van der Waals surface area contributed by atoms with E-state index < -0.39 is 36.4 Å². The number of aromatic nitrogens is 4. The number of fused-ring (bicyclic) bond motifs is 2. The topological polar surface area (TPSA) is 110 Å². The largest absolute Gasteiger partial charge is 0.433 e. The van der Waals surface area contributed by atoms with Gasteiger partial charge in [0.25, 0.3) is 0 Å². The molecular weight excluding hydrogens is 592 g/mol. The molecule has 1 aromatic carbocycles. The molecule has 13 heteroatoms. The Morgan fingerprint density at radius 2 is 1.78 bits per heavy atom. The number of carbonyl (C=O) groups excluding carboxylic acids is 3. The Morgan fingerprint density at radius 1 is 1.07 bits per heavy atom. The van der Waals surface area contributed by atoms with Gasteiger partial charge >= 0.3 is 6.18 Å². The Hall–Kier alpha value is -4.68. The summed E-state index contributed by atoms with van der Waals surface area (Å²) in [5.41, 5.74) is 1.10. The van der Waals surface area contributed by atoms with Gasteiger partial charge in [-0.15, -0.1) is 0 Å². The van der Waals surface area contributed by atoms with Crippen molar-refractivity contribution in [3.63, 3.8) is 0 Å². The van der Waals surface area contributed by atoms with Gasteiger partial charge in [-0.2, -0.15) is 13.2 Å². The van der Waals surface area contributed by atoms with Crippen LogP contribution in [0.1, 0.15) is 59.7 Å². The molecule has 234 valence electrons. The smallest absolute Gasteiger partial charge is 0.337 e. The molecule has 1 N–H and O–H groups in total. The molecule has 0 bridgehead atoms. The summed E-state index contributed by atoms with van der Waals surface area (Å²) in [6.45, 7) is 5.47. The summed E-state index contributed by atoms with van der Waals surface area (Å²) in [6.07, 6.45) is 1.06. The molecule has 0 spiro atoms. The number of alkyl halides is 4. The first-order valence-corrected chi connectivity index (χ1v) is 14.4. The average Bonchev–Trinajstić information content (AvgIpc) is 3.34. The van der Waals surface area contributed by atoms with Crippen molar-refractivity contribution in [1.82, 2.24) is 24.4 Å². The standard InChI is InChI=1S/C32H30F4N6O3/c1-16-5-6-25(32(34,35)36)39-29(16)40-30(45)24-9-31(4)10-26(31)42(24)27(44)15-41-14-23(17(2)43)22-8-19(7-20(11-33)28(22)41)21-12-37-18(3)38-13-21/h5-8,12-14,24,26H,9-11,15H2,1-4H3,(H,39,40,45)/t24-,26+,31-/m0/s1. The number of nitrogens with one attached hydrogen (secondary N) is 1. The summed E-state index contributed by atoms with van der Waals surface area (Å²) in [5.74, 6) is -0.990. The van der Waals surface area contributed by atoms with Gasteiger partial charge in [0, 0.05) is 46.7 Å². The van der Waals surface area contributed by atoms with E-state index in [1.54, 1.807) is 31.5 Å². The number of carbonyl (C=O) groups is 3. The third-order valence-electron chi connectivity index (χ3n) is 8.85. The van der Waals surface area contributed by atoms with Crippen LogP contribution in [0.3, 0.4) is 0 Å². The molecule has 2 fully saturated rings. The molecule has 1 saturated heterocycles. The van der Waals surface area contributed by atoms with Crippen molar-refractivity contribution in [2.75, 3.05) is 5.32 Å². The van der Waals surface area contributed by atoms with Crippen molar-refractivity contribution in [2.24, 2.45) is 5.41 Å². The van der Waals surface area contributed by atoms with E-state index in [4.69, 9.17) is 0 Å². The predicted molar refractivity (Wildman–Crippen MR) is 157 cm³/mol. The van der Waals surface area contributed by atoms with E-state index in [-0.39, 0.29) is 35.2 Å². The van der Waals surface area contributed by atoms with Crippen LogP contribution in [0.25, 0.3) is 22.0 Å². The molecular formula is C32H30F4N6O3. The van der Waals surface area contributed by atoms with Gasteiger partial charge < -0.3 is 14.8 Å². The third kappa shape index (κ3) is 5.44. The van der Waals surface area contributed by atoms with Gasteiger partial charge in [0.1, 0.15) is 36.6 Å². The number of pyridine rings is 1. The zero-order chi connectivity index (χ0) is 32.4. The number of hydrogen-bond acceptors (Lipinski definition) is 6. The van der Waals surface area contributed by atoms with Crippen LogP contribution in [0.2, 0.25) is 0 Å². The second-order valence-electron chi connectivity index (χ2n) is 12.2. The summed E-state index contributed by atoms with van der Waals surface area (Å²) in [6, 6.07) is 4.27. The summed E-state index contributed by atoms with van der Waals surface area (Å²) in [4.78, 5) is 53.6. The van der Waals surface area contributed by atoms with Crippen molar-refractivity contribution < 1.29 is 31.9 Å². The number of benzene rings is 1. The molecule has 2 amide bonds. The first-order chi connectivity index (χ1) is 21.2. The lowest BCUT2D eigenvalue weighted by atomic mass is 10.00. The monoisotopic (exact) mass is 622 g/mol. The van der Waals surface area contributed by atoms with Crippen LogP contribution in [-0.4, -0.2) is 54.1 Å². The minimum absolute atomic E-state index is 0.224. The Bertz CT molecular complexity index is 1870. The molecule has 1 saturated carbocycles. The number of amides is 2. The molecule has 1 aliphatic heterocycles. The Kier molecular flexibility index (Phi) is 7.24. The zero-order valence-corrected chi connectivity index (χ0v) is 25.0. The molecule has 0 radical (unpaired) electrons. The van der Waals surface area contributed by atoms with E-state index in [9.17, 15) is 31.9 Å². The number of likely N-dealkylation sites (tertiary alicyclic amines) is 1. The van der Waals surface area contributed by atoms with Crippen molar-refractivity contribution in [3.8, 4) is 11.1 Å². The number of piperidine rings is 1. The minimum atomic E-state index is -4.69. The van der Waals surface area contributed by atoms with Gasteiger partial charge in [-0.25, -0.2) is 19.3 Å². The van der Waals surface area contributed by atoms with E-state index >= 15 is 0 Å². The van der Waals surface area contributed by atoms with E-state index in [0.717, 1.165) is 6.07 Å². The molecule has 45 heavy (non-hydrogen) atoms. The quantitative estimate of drug-likeness (QED) is 0.206. The van der Waals surface area contributed by atoms with Crippen LogP contribution in [-0.2, 0) is 29.0 Å². The van der Waals surface area contributed by atoms with Crippen LogP contribution >= 0.6 is 0 Å². The van der Waals surface area contributed by atoms with Crippen molar-refractivity contribution in [2.45, 2.75) is 72.0 Å². The van der Waals surface area contributed by atoms with E-state index in [2.05, 4.69) is 20.3 Å². The number of Topliss-reactive ketones (excluding diaryl/α,β-unsaturated/α-hetero) is 1. The molecule has 6 rings (SSSR count). The number of halogens is 4. The summed E-state index contributed by atoms with van der Waals surface area (Å²) < 4.78 is 55.9. The second-order valence-corrected chi connectivity index (χ2v) is 12.2. The Labute approximate surface area is 255 Å². The molecule has 4 aromatic rings. The van der Waals surface area contributed by atoms with Gasteiger partial charge in [0.2, 0.25) is 11.8 Å². The lowest BCUT2D eigenvalue weighted by Crippen LogP contribution is -2.46. The number of ketones is 1. The van der Waals surface area contributed by atoms with Crippen molar-refractivity contribution in [1.29, 1.82) is 0 Å². The van der Waals surface area contributed by atoms with Gasteiger partial charge in [-0.1, -0.05) is 13.0 Å². The molecule has 9 nitrogen and oxygen atoms in total. The summed E-state index contributed by atoms with van der Waals surface area (Å²) in [7, 11) is 0. The highest BCUT2D eigenvalue weighted by molar-refractivity contribution is 6.09. The molecule has 0 unspecified atom stereocenters. The maximum Gasteiger partial charge on any atom is 0.433 e. The highest BCUT2D eigenvalue weighted by Gasteiger charge is 2.64.